The maximum atomic E-state index is 13.2. The second kappa shape index (κ2) is 6.27. The molecule has 1 N–H and O–H groups in total. The van der Waals surface area contributed by atoms with E-state index in [1.54, 1.807) is 31.3 Å². The highest BCUT2D eigenvalue weighted by Crippen LogP contribution is 2.32. The molecular formula is C17H14F2N2O3. The van der Waals surface area contributed by atoms with E-state index >= 15 is 0 Å². The van der Waals surface area contributed by atoms with E-state index in [0.29, 0.717) is 11.4 Å². The van der Waals surface area contributed by atoms with Crippen molar-refractivity contribution in [2.24, 2.45) is 0 Å². The Hall–Kier alpha value is -2.96. The third kappa shape index (κ3) is 2.92. The van der Waals surface area contributed by atoms with Crippen molar-refractivity contribution in [3.05, 3.63) is 59.7 Å². The normalized spacial score (nSPS) is 16.4. The highest BCUT2D eigenvalue weighted by atomic mass is 19.2. The Kier molecular flexibility index (Phi) is 4.16. The molecule has 1 atom stereocenters. The summed E-state index contributed by atoms with van der Waals surface area (Å²) in [4.78, 5) is 25.7. The molecule has 2 amide bonds. The average Bonchev–Trinajstić information content (AvgIpc) is 2.59. The number of nitrogens with zero attached hydrogens (tertiary/aromatic N) is 1. The average molecular weight is 332 g/mol. The third-order valence-corrected chi connectivity index (χ3v) is 3.73. The summed E-state index contributed by atoms with van der Waals surface area (Å²) in [6.45, 7) is -0.0880. The van der Waals surface area contributed by atoms with E-state index in [1.165, 1.54) is 11.0 Å². The zero-order valence-corrected chi connectivity index (χ0v) is 12.8. The molecule has 0 radical (unpaired) electrons. The minimum atomic E-state index is -1.11. The van der Waals surface area contributed by atoms with Gasteiger partial charge in [-0.15, -0.1) is 0 Å². The number of hydrogen-bond acceptors (Lipinski definition) is 3. The van der Waals surface area contributed by atoms with Crippen LogP contribution in [-0.2, 0) is 4.79 Å². The minimum absolute atomic E-state index is 0.0362. The van der Waals surface area contributed by atoms with Gasteiger partial charge in [-0.2, -0.15) is 0 Å². The molecule has 0 bridgehead atoms. The molecule has 0 saturated carbocycles. The second-order valence-corrected chi connectivity index (χ2v) is 5.31. The number of nitrogens with one attached hydrogen (secondary N) is 1. The Morgan fingerprint density at radius 2 is 1.96 bits per heavy atom. The standard InChI is InChI=1S/C17H14F2N2O3/c1-21-13-4-2-3-5-14(13)24-15(17(21)23)9-20-16(22)10-6-7-11(18)12(19)8-10/h2-8,15H,9H2,1H3,(H,20,22). The van der Waals surface area contributed by atoms with Crippen LogP contribution in [0.2, 0.25) is 0 Å². The summed E-state index contributed by atoms with van der Waals surface area (Å²) in [5.41, 5.74) is 0.608. The lowest BCUT2D eigenvalue weighted by molar-refractivity contribution is -0.125. The van der Waals surface area contributed by atoms with Crippen LogP contribution in [0.25, 0.3) is 0 Å². The molecule has 3 rings (SSSR count). The van der Waals surface area contributed by atoms with Gasteiger partial charge in [0, 0.05) is 12.6 Å². The summed E-state index contributed by atoms with van der Waals surface area (Å²) >= 11 is 0. The molecular weight excluding hydrogens is 318 g/mol. The number of rotatable bonds is 3. The highest BCUT2D eigenvalue weighted by Gasteiger charge is 2.32. The lowest BCUT2D eigenvalue weighted by atomic mass is 10.1. The molecule has 24 heavy (non-hydrogen) atoms. The van der Waals surface area contributed by atoms with Crippen LogP contribution in [-0.4, -0.2) is 31.5 Å². The fourth-order valence-corrected chi connectivity index (χ4v) is 2.43. The van der Waals surface area contributed by atoms with E-state index in [9.17, 15) is 18.4 Å². The van der Waals surface area contributed by atoms with Gasteiger partial charge in [0.1, 0.15) is 5.75 Å². The van der Waals surface area contributed by atoms with E-state index < -0.39 is 23.6 Å². The first-order valence-corrected chi connectivity index (χ1v) is 7.24. The van der Waals surface area contributed by atoms with Crippen molar-refractivity contribution in [1.82, 2.24) is 5.32 Å². The van der Waals surface area contributed by atoms with Crippen molar-refractivity contribution in [3.63, 3.8) is 0 Å². The summed E-state index contributed by atoms with van der Waals surface area (Å²) in [7, 11) is 1.62. The predicted octanol–water partition coefficient (Wildman–Crippen LogP) is 2.12. The zero-order chi connectivity index (χ0) is 17.3. The number of hydrogen-bond donors (Lipinski definition) is 1. The van der Waals surface area contributed by atoms with Crippen LogP contribution in [0.3, 0.4) is 0 Å². The van der Waals surface area contributed by atoms with Crippen LogP contribution in [0.1, 0.15) is 10.4 Å². The van der Waals surface area contributed by atoms with Crippen LogP contribution in [0.5, 0.6) is 5.75 Å². The maximum Gasteiger partial charge on any atom is 0.269 e. The van der Waals surface area contributed by atoms with Crippen LogP contribution in [0.15, 0.2) is 42.5 Å². The molecule has 7 heteroatoms. The van der Waals surface area contributed by atoms with Gasteiger partial charge in [0.15, 0.2) is 17.7 Å². The van der Waals surface area contributed by atoms with E-state index in [-0.39, 0.29) is 18.0 Å². The van der Waals surface area contributed by atoms with Gasteiger partial charge in [0.25, 0.3) is 11.8 Å². The largest absolute Gasteiger partial charge is 0.477 e. The molecule has 1 aliphatic heterocycles. The number of carbonyl (C=O) groups excluding carboxylic acids is 2. The maximum absolute atomic E-state index is 13.2. The molecule has 2 aromatic rings. The van der Waals surface area contributed by atoms with Crippen LogP contribution >= 0.6 is 0 Å². The predicted molar refractivity (Wildman–Crippen MR) is 83.0 cm³/mol. The molecule has 0 aromatic heterocycles. The summed E-state index contributed by atoms with van der Waals surface area (Å²) < 4.78 is 31.7. The summed E-state index contributed by atoms with van der Waals surface area (Å²) in [6.07, 6.45) is -0.890. The van der Waals surface area contributed by atoms with Gasteiger partial charge < -0.3 is 15.0 Å². The molecule has 1 heterocycles. The number of fused-ring (bicyclic) bond motifs is 1. The number of anilines is 1. The van der Waals surface area contributed by atoms with Gasteiger partial charge >= 0.3 is 0 Å². The molecule has 0 saturated heterocycles. The van der Waals surface area contributed by atoms with Crippen molar-refractivity contribution in [1.29, 1.82) is 0 Å². The Balaban J connectivity index is 1.69. The Bertz CT molecular complexity index is 810. The van der Waals surface area contributed by atoms with E-state index in [1.807, 2.05) is 0 Å². The molecule has 5 nitrogen and oxygen atoms in total. The first kappa shape index (κ1) is 15.9. The third-order valence-electron chi connectivity index (χ3n) is 3.73. The number of ether oxygens (including phenoxy) is 1. The number of halogens is 2. The fraction of sp³-hybridized carbons (Fsp3) is 0.176. The van der Waals surface area contributed by atoms with Crippen molar-refractivity contribution >= 4 is 17.5 Å². The molecule has 0 spiro atoms. The van der Waals surface area contributed by atoms with E-state index in [2.05, 4.69) is 5.32 Å². The molecule has 2 aromatic carbocycles. The number of carbonyl (C=O) groups is 2. The second-order valence-electron chi connectivity index (χ2n) is 5.31. The van der Waals surface area contributed by atoms with Crippen LogP contribution < -0.4 is 15.0 Å². The van der Waals surface area contributed by atoms with Crippen LogP contribution in [0, 0.1) is 11.6 Å². The van der Waals surface area contributed by atoms with E-state index in [4.69, 9.17) is 4.74 Å². The quantitative estimate of drug-likeness (QED) is 0.937. The lowest BCUT2D eigenvalue weighted by Crippen LogP contribution is -2.49. The monoisotopic (exact) mass is 332 g/mol. The zero-order valence-electron chi connectivity index (χ0n) is 12.8. The number of para-hydroxylation sites is 2. The van der Waals surface area contributed by atoms with Gasteiger partial charge in [-0.25, -0.2) is 8.78 Å². The lowest BCUT2D eigenvalue weighted by Gasteiger charge is -2.31. The summed E-state index contributed by atoms with van der Waals surface area (Å²) in [5, 5.41) is 2.50. The summed E-state index contributed by atoms with van der Waals surface area (Å²) in [6, 6.07) is 9.88. The smallest absolute Gasteiger partial charge is 0.269 e. The van der Waals surface area contributed by atoms with Gasteiger partial charge in [0.2, 0.25) is 0 Å². The molecule has 124 valence electrons. The number of likely N-dealkylation sites (N-methyl/N-ethyl adjacent to an activating group) is 1. The Labute approximate surface area is 136 Å². The molecule has 1 unspecified atom stereocenters. The Morgan fingerprint density at radius 3 is 2.71 bits per heavy atom. The topological polar surface area (TPSA) is 58.6 Å². The van der Waals surface area contributed by atoms with Crippen molar-refractivity contribution in [2.75, 3.05) is 18.5 Å². The van der Waals surface area contributed by atoms with Crippen molar-refractivity contribution < 1.29 is 23.1 Å². The summed E-state index contributed by atoms with van der Waals surface area (Å²) in [5.74, 6) is -2.53. The van der Waals surface area contributed by atoms with Gasteiger partial charge in [0.05, 0.1) is 12.2 Å². The molecule has 0 aliphatic carbocycles. The minimum Gasteiger partial charge on any atom is -0.477 e. The Morgan fingerprint density at radius 1 is 1.21 bits per heavy atom. The first-order chi connectivity index (χ1) is 11.5. The first-order valence-electron chi connectivity index (χ1n) is 7.24. The highest BCUT2D eigenvalue weighted by molar-refractivity contribution is 6.00. The van der Waals surface area contributed by atoms with Gasteiger partial charge in [-0.1, -0.05) is 12.1 Å². The van der Waals surface area contributed by atoms with Gasteiger partial charge in [-0.3, -0.25) is 9.59 Å². The SMILES string of the molecule is CN1C(=O)C(CNC(=O)c2ccc(F)c(F)c2)Oc2ccccc21. The van der Waals surface area contributed by atoms with Crippen molar-refractivity contribution in [2.45, 2.75) is 6.10 Å². The number of amides is 2. The fourth-order valence-electron chi connectivity index (χ4n) is 2.43. The number of benzene rings is 2. The van der Waals surface area contributed by atoms with Crippen molar-refractivity contribution in [3.8, 4) is 5.75 Å². The molecule has 0 fully saturated rings. The van der Waals surface area contributed by atoms with Gasteiger partial charge in [-0.05, 0) is 30.3 Å². The molecule has 1 aliphatic rings. The van der Waals surface area contributed by atoms with E-state index in [0.717, 1.165) is 12.1 Å². The van der Waals surface area contributed by atoms with Crippen LogP contribution in [0.4, 0.5) is 14.5 Å².